The van der Waals surface area contributed by atoms with Gasteiger partial charge in [-0.1, -0.05) is 6.07 Å². The highest BCUT2D eigenvalue weighted by atomic mass is 16.5. The van der Waals surface area contributed by atoms with Gasteiger partial charge >= 0.3 is 0 Å². The molecule has 0 aliphatic rings. The van der Waals surface area contributed by atoms with Gasteiger partial charge in [-0.3, -0.25) is 9.78 Å². The number of ether oxygens (including phenoxy) is 2. The summed E-state index contributed by atoms with van der Waals surface area (Å²) in [6.07, 6.45) is 1.11. The third-order valence-corrected chi connectivity index (χ3v) is 2.91. The van der Waals surface area contributed by atoms with Crippen LogP contribution in [0.3, 0.4) is 0 Å². The lowest BCUT2D eigenvalue weighted by atomic mass is 10.3. The molecule has 1 amide bonds. The number of benzene rings is 1. The number of aromatic nitrogens is 1. The first-order chi connectivity index (χ1) is 10.2. The summed E-state index contributed by atoms with van der Waals surface area (Å²) in [5.74, 6) is 1.18. The van der Waals surface area contributed by atoms with Crippen LogP contribution in [0.4, 0.5) is 0 Å². The summed E-state index contributed by atoms with van der Waals surface area (Å²) in [5, 5.41) is 2.79. The van der Waals surface area contributed by atoms with Crippen molar-refractivity contribution in [3.05, 3.63) is 54.4 Å². The maximum atomic E-state index is 12.0. The van der Waals surface area contributed by atoms with Crippen molar-refractivity contribution in [1.29, 1.82) is 0 Å². The first kappa shape index (κ1) is 14.8. The Morgan fingerprint density at radius 2 is 1.90 bits per heavy atom. The van der Waals surface area contributed by atoms with Crippen molar-refractivity contribution in [3.63, 3.8) is 0 Å². The zero-order valence-corrected chi connectivity index (χ0v) is 12.1. The largest absolute Gasteiger partial charge is 0.497 e. The van der Waals surface area contributed by atoms with Crippen molar-refractivity contribution < 1.29 is 14.3 Å². The first-order valence-corrected chi connectivity index (χ1v) is 6.67. The normalized spacial score (nSPS) is 11.5. The Balaban J connectivity index is 1.84. The van der Waals surface area contributed by atoms with Gasteiger partial charge in [0, 0.05) is 6.20 Å². The molecule has 1 N–H and O–H groups in total. The van der Waals surface area contributed by atoms with E-state index in [0.717, 1.165) is 11.4 Å². The molecule has 21 heavy (non-hydrogen) atoms. The summed E-state index contributed by atoms with van der Waals surface area (Å²) in [6.45, 7) is 2.09. The summed E-state index contributed by atoms with van der Waals surface area (Å²) >= 11 is 0. The molecule has 0 radical (unpaired) electrons. The SMILES string of the molecule is COc1ccc(O[C@@H](C)C(=O)NCc2ccccn2)cc1. The van der Waals surface area contributed by atoms with Gasteiger partial charge in [0.05, 0.1) is 19.3 Å². The number of amides is 1. The number of hydrogen-bond acceptors (Lipinski definition) is 4. The smallest absolute Gasteiger partial charge is 0.261 e. The van der Waals surface area contributed by atoms with Crippen LogP contribution in [-0.2, 0) is 11.3 Å². The minimum atomic E-state index is -0.581. The van der Waals surface area contributed by atoms with E-state index in [1.807, 2.05) is 18.2 Å². The van der Waals surface area contributed by atoms with E-state index in [-0.39, 0.29) is 5.91 Å². The second-order valence-electron chi connectivity index (χ2n) is 4.47. The van der Waals surface area contributed by atoms with Gasteiger partial charge in [-0.25, -0.2) is 0 Å². The Labute approximate surface area is 123 Å². The average Bonchev–Trinajstić information content (AvgIpc) is 2.54. The van der Waals surface area contributed by atoms with Gasteiger partial charge in [-0.15, -0.1) is 0 Å². The lowest BCUT2D eigenvalue weighted by molar-refractivity contribution is -0.127. The van der Waals surface area contributed by atoms with Gasteiger partial charge in [0.25, 0.3) is 5.91 Å². The Kier molecular flexibility index (Phi) is 5.15. The molecule has 1 heterocycles. The number of hydrogen-bond donors (Lipinski definition) is 1. The molecule has 0 saturated heterocycles. The van der Waals surface area contributed by atoms with Crippen molar-refractivity contribution in [2.24, 2.45) is 0 Å². The van der Waals surface area contributed by atoms with Gasteiger partial charge in [-0.2, -0.15) is 0 Å². The van der Waals surface area contributed by atoms with Crippen LogP contribution in [0.2, 0.25) is 0 Å². The Bertz CT molecular complexity index is 570. The molecule has 1 aromatic heterocycles. The lowest BCUT2D eigenvalue weighted by Gasteiger charge is -2.14. The van der Waals surface area contributed by atoms with Crippen LogP contribution < -0.4 is 14.8 Å². The minimum Gasteiger partial charge on any atom is -0.497 e. The highest BCUT2D eigenvalue weighted by Crippen LogP contribution is 2.18. The van der Waals surface area contributed by atoms with Crippen molar-refractivity contribution in [2.75, 3.05) is 7.11 Å². The third-order valence-electron chi connectivity index (χ3n) is 2.91. The van der Waals surface area contributed by atoms with Crippen LogP contribution in [0.5, 0.6) is 11.5 Å². The topological polar surface area (TPSA) is 60.5 Å². The average molecular weight is 286 g/mol. The highest BCUT2D eigenvalue weighted by molar-refractivity contribution is 5.80. The molecule has 0 bridgehead atoms. The molecule has 1 atom stereocenters. The molecule has 0 saturated carbocycles. The summed E-state index contributed by atoms with van der Waals surface area (Å²) in [7, 11) is 1.60. The van der Waals surface area contributed by atoms with E-state index in [4.69, 9.17) is 9.47 Å². The van der Waals surface area contributed by atoms with Gasteiger partial charge < -0.3 is 14.8 Å². The lowest BCUT2D eigenvalue weighted by Crippen LogP contribution is -2.36. The minimum absolute atomic E-state index is 0.184. The predicted octanol–water partition coefficient (Wildman–Crippen LogP) is 2.17. The van der Waals surface area contributed by atoms with E-state index in [1.54, 1.807) is 44.5 Å². The maximum Gasteiger partial charge on any atom is 0.261 e. The molecule has 110 valence electrons. The molecule has 2 rings (SSSR count). The second-order valence-corrected chi connectivity index (χ2v) is 4.47. The molecule has 1 aromatic carbocycles. The molecule has 0 spiro atoms. The van der Waals surface area contributed by atoms with Crippen LogP contribution in [0.1, 0.15) is 12.6 Å². The standard InChI is InChI=1S/C16H18N2O3/c1-12(21-15-8-6-14(20-2)7-9-15)16(19)18-11-13-5-3-4-10-17-13/h3-10,12H,11H2,1-2H3,(H,18,19)/t12-/m0/s1. The third kappa shape index (κ3) is 4.49. The molecule has 0 unspecified atom stereocenters. The van der Waals surface area contributed by atoms with Crippen LogP contribution >= 0.6 is 0 Å². The predicted molar refractivity (Wildman–Crippen MR) is 79.2 cm³/mol. The number of carbonyl (C=O) groups is 1. The molecule has 0 aliphatic carbocycles. The van der Waals surface area contributed by atoms with E-state index >= 15 is 0 Å². The molecular weight excluding hydrogens is 268 g/mol. The number of nitrogens with one attached hydrogen (secondary N) is 1. The number of methoxy groups -OCH3 is 1. The molecule has 0 fully saturated rings. The molecule has 2 aromatic rings. The van der Waals surface area contributed by atoms with Crippen LogP contribution in [-0.4, -0.2) is 24.1 Å². The van der Waals surface area contributed by atoms with Crippen LogP contribution in [0, 0.1) is 0 Å². The van der Waals surface area contributed by atoms with E-state index in [2.05, 4.69) is 10.3 Å². The Hall–Kier alpha value is -2.56. The van der Waals surface area contributed by atoms with Crippen LogP contribution in [0.25, 0.3) is 0 Å². The van der Waals surface area contributed by atoms with Gasteiger partial charge in [0.1, 0.15) is 11.5 Å². The van der Waals surface area contributed by atoms with Crippen molar-refractivity contribution >= 4 is 5.91 Å². The fourth-order valence-corrected chi connectivity index (χ4v) is 1.74. The zero-order chi connectivity index (χ0) is 15.1. The number of pyridine rings is 1. The van der Waals surface area contributed by atoms with Crippen molar-refractivity contribution in [2.45, 2.75) is 19.6 Å². The number of carbonyl (C=O) groups excluding carboxylic acids is 1. The summed E-state index contributed by atoms with van der Waals surface area (Å²) in [6, 6.07) is 12.7. The second kappa shape index (κ2) is 7.28. The van der Waals surface area contributed by atoms with Gasteiger partial charge in [0.2, 0.25) is 0 Å². The summed E-state index contributed by atoms with van der Waals surface area (Å²) < 4.78 is 10.6. The van der Waals surface area contributed by atoms with Gasteiger partial charge in [0.15, 0.2) is 6.10 Å². The fraction of sp³-hybridized carbons (Fsp3) is 0.250. The summed E-state index contributed by atoms with van der Waals surface area (Å²) in [4.78, 5) is 16.1. The monoisotopic (exact) mass is 286 g/mol. The van der Waals surface area contributed by atoms with E-state index in [9.17, 15) is 4.79 Å². The highest BCUT2D eigenvalue weighted by Gasteiger charge is 2.14. The van der Waals surface area contributed by atoms with Crippen molar-refractivity contribution in [3.8, 4) is 11.5 Å². The molecular formula is C16H18N2O3. The van der Waals surface area contributed by atoms with Crippen molar-refractivity contribution in [1.82, 2.24) is 10.3 Å². The Morgan fingerprint density at radius 3 is 2.52 bits per heavy atom. The molecule has 0 aliphatic heterocycles. The van der Waals surface area contributed by atoms with E-state index in [1.165, 1.54) is 0 Å². The Morgan fingerprint density at radius 1 is 1.19 bits per heavy atom. The molecule has 5 nitrogen and oxygen atoms in total. The maximum absolute atomic E-state index is 12.0. The molecule has 5 heteroatoms. The fourth-order valence-electron chi connectivity index (χ4n) is 1.74. The first-order valence-electron chi connectivity index (χ1n) is 6.67. The quantitative estimate of drug-likeness (QED) is 0.884. The van der Waals surface area contributed by atoms with Gasteiger partial charge in [-0.05, 0) is 43.3 Å². The number of rotatable bonds is 6. The summed E-state index contributed by atoms with van der Waals surface area (Å²) in [5.41, 5.74) is 0.808. The van der Waals surface area contributed by atoms with E-state index < -0.39 is 6.10 Å². The van der Waals surface area contributed by atoms with Crippen LogP contribution in [0.15, 0.2) is 48.7 Å². The zero-order valence-electron chi connectivity index (χ0n) is 12.1. The number of nitrogens with zero attached hydrogens (tertiary/aromatic N) is 1. The van der Waals surface area contributed by atoms with E-state index in [0.29, 0.717) is 12.3 Å².